The summed E-state index contributed by atoms with van der Waals surface area (Å²) < 4.78 is 2.06. The lowest BCUT2D eigenvalue weighted by atomic mass is 10.2. The number of anilines is 1. The summed E-state index contributed by atoms with van der Waals surface area (Å²) in [4.78, 5) is 29.0. The molecule has 2 aromatic carbocycles. The van der Waals surface area contributed by atoms with E-state index in [2.05, 4.69) is 26.2 Å². The van der Waals surface area contributed by atoms with E-state index in [1.54, 1.807) is 30.3 Å². The Kier molecular flexibility index (Phi) is 4.69. The van der Waals surface area contributed by atoms with E-state index in [-0.39, 0.29) is 18.0 Å². The number of carbonyl (C=O) groups is 1. The van der Waals surface area contributed by atoms with Crippen LogP contribution in [-0.4, -0.2) is 15.5 Å². The maximum atomic E-state index is 12.5. The van der Waals surface area contributed by atoms with Crippen LogP contribution in [0, 0.1) is 6.92 Å². The standard InChI is InChI=1S/C17H13BrClN3O2/c1-10-13(19)3-2-4-14(10)21-16(23)8-22-9-20-15-6-5-11(18)7-12(15)17(22)24/h2-7,9H,8H2,1H3,(H,21,23). The van der Waals surface area contributed by atoms with Crippen molar-refractivity contribution in [1.29, 1.82) is 0 Å². The van der Waals surface area contributed by atoms with Gasteiger partial charge in [0, 0.05) is 15.2 Å². The second-order valence-corrected chi connectivity index (χ2v) is 6.62. The summed E-state index contributed by atoms with van der Waals surface area (Å²) in [7, 11) is 0. The molecule has 1 amide bonds. The zero-order valence-electron chi connectivity index (χ0n) is 12.7. The van der Waals surface area contributed by atoms with Crippen LogP contribution in [-0.2, 0) is 11.3 Å². The number of benzene rings is 2. The average Bonchev–Trinajstić information content (AvgIpc) is 2.55. The molecule has 0 radical (unpaired) electrons. The maximum Gasteiger partial charge on any atom is 0.261 e. The van der Waals surface area contributed by atoms with Gasteiger partial charge in [0.15, 0.2) is 0 Å². The molecule has 24 heavy (non-hydrogen) atoms. The summed E-state index contributed by atoms with van der Waals surface area (Å²) in [5, 5.41) is 3.79. The minimum absolute atomic E-state index is 0.125. The molecule has 0 saturated carbocycles. The molecule has 1 aromatic heterocycles. The van der Waals surface area contributed by atoms with E-state index in [0.717, 1.165) is 10.0 Å². The summed E-state index contributed by atoms with van der Waals surface area (Å²) in [6.07, 6.45) is 1.38. The lowest BCUT2D eigenvalue weighted by Crippen LogP contribution is -2.28. The van der Waals surface area contributed by atoms with Crippen LogP contribution in [0.5, 0.6) is 0 Å². The van der Waals surface area contributed by atoms with Gasteiger partial charge in [0.1, 0.15) is 6.54 Å². The molecule has 5 nitrogen and oxygen atoms in total. The molecule has 7 heteroatoms. The number of aromatic nitrogens is 2. The van der Waals surface area contributed by atoms with Crippen LogP contribution >= 0.6 is 27.5 Å². The van der Waals surface area contributed by atoms with Gasteiger partial charge in [0.05, 0.1) is 17.2 Å². The first-order chi connectivity index (χ1) is 11.5. The van der Waals surface area contributed by atoms with Gasteiger partial charge < -0.3 is 5.32 Å². The van der Waals surface area contributed by atoms with Gasteiger partial charge in [-0.2, -0.15) is 0 Å². The van der Waals surface area contributed by atoms with E-state index in [1.165, 1.54) is 10.9 Å². The molecule has 1 heterocycles. The molecule has 0 atom stereocenters. The Morgan fingerprint density at radius 1 is 1.33 bits per heavy atom. The van der Waals surface area contributed by atoms with Crippen molar-refractivity contribution in [2.75, 3.05) is 5.32 Å². The van der Waals surface area contributed by atoms with Gasteiger partial charge in [-0.3, -0.25) is 14.2 Å². The van der Waals surface area contributed by atoms with E-state index in [9.17, 15) is 9.59 Å². The predicted molar refractivity (Wildman–Crippen MR) is 98.5 cm³/mol. The summed E-state index contributed by atoms with van der Waals surface area (Å²) in [5.41, 5.74) is 1.72. The van der Waals surface area contributed by atoms with E-state index in [1.807, 2.05) is 13.0 Å². The van der Waals surface area contributed by atoms with Crippen LogP contribution in [0.1, 0.15) is 5.56 Å². The highest BCUT2D eigenvalue weighted by Crippen LogP contribution is 2.22. The molecule has 122 valence electrons. The summed E-state index contributed by atoms with van der Waals surface area (Å²) >= 11 is 9.38. The normalized spacial score (nSPS) is 10.8. The van der Waals surface area contributed by atoms with Crippen molar-refractivity contribution in [3.8, 4) is 0 Å². The van der Waals surface area contributed by atoms with Crippen LogP contribution < -0.4 is 10.9 Å². The van der Waals surface area contributed by atoms with Gasteiger partial charge in [-0.05, 0) is 42.8 Å². The molecule has 0 spiro atoms. The van der Waals surface area contributed by atoms with Crippen molar-refractivity contribution in [3.63, 3.8) is 0 Å². The molecule has 0 unspecified atom stereocenters. The largest absolute Gasteiger partial charge is 0.324 e. The van der Waals surface area contributed by atoms with Crippen molar-refractivity contribution >= 4 is 50.0 Å². The fraction of sp³-hybridized carbons (Fsp3) is 0.118. The van der Waals surface area contributed by atoms with Gasteiger partial charge in [0.2, 0.25) is 5.91 Å². The second-order valence-electron chi connectivity index (χ2n) is 5.30. The first-order valence-electron chi connectivity index (χ1n) is 7.15. The fourth-order valence-electron chi connectivity index (χ4n) is 2.33. The zero-order valence-corrected chi connectivity index (χ0v) is 15.1. The Hall–Kier alpha value is -2.18. The Morgan fingerprint density at radius 2 is 2.12 bits per heavy atom. The van der Waals surface area contributed by atoms with Crippen molar-refractivity contribution < 1.29 is 4.79 Å². The lowest BCUT2D eigenvalue weighted by Gasteiger charge is -2.11. The van der Waals surface area contributed by atoms with Crippen molar-refractivity contribution in [2.24, 2.45) is 0 Å². The van der Waals surface area contributed by atoms with Gasteiger partial charge in [0.25, 0.3) is 5.56 Å². The molecule has 0 aliphatic rings. The molecular weight excluding hydrogens is 394 g/mol. The third-order valence-electron chi connectivity index (χ3n) is 3.64. The predicted octanol–water partition coefficient (Wildman–Crippen LogP) is 3.76. The quantitative estimate of drug-likeness (QED) is 0.720. The monoisotopic (exact) mass is 405 g/mol. The highest BCUT2D eigenvalue weighted by Gasteiger charge is 2.10. The van der Waals surface area contributed by atoms with Crippen LogP contribution in [0.15, 0.2) is 52.0 Å². The molecule has 1 N–H and O–H groups in total. The molecular formula is C17H13BrClN3O2. The minimum atomic E-state index is -0.321. The first-order valence-corrected chi connectivity index (χ1v) is 8.32. The molecule has 0 bridgehead atoms. The molecule has 0 aliphatic carbocycles. The summed E-state index contributed by atoms with van der Waals surface area (Å²) in [5.74, 6) is -0.321. The number of fused-ring (bicyclic) bond motifs is 1. The Balaban J connectivity index is 1.87. The van der Waals surface area contributed by atoms with Crippen molar-refractivity contribution in [2.45, 2.75) is 13.5 Å². The topological polar surface area (TPSA) is 64.0 Å². The van der Waals surface area contributed by atoms with E-state index < -0.39 is 0 Å². The molecule has 3 rings (SSSR count). The second kappa shape index (κ2) is 6.75. The van der Waals surface area contributed by atoms with Crippen molar-refractivity contribution in [3.05, 3.63) is 68.1 Å². The number of nitrogens with zero attached hydrogens (tertiary/aromatic N) is 2. The van der Waals surface area contributed by atoms with E-state index in [0.29, 0.717) is 21.6 Å². The number of halogens is 2. The lowest BCUT2D eigenvalue weighted by molar-refractivity contribution is -0.116. The molecule has 0 saturated heterocycles. The highest BCUT2D eigenvalue weighted by molar-refractivity contribution is 9.10. The van der Waals surface area contributed by atoms with Gasteiger partial charge >= 0.3 is 0 Å². The third-order valence-corrected chi connectivity index (χ3v) is 4.54. The molecule has 0 aliphatic heterocycles. The van der Waals surface area contributed by atoms with Crippen LogP contribution in [0.25, 0.3) is 10.9 Å². The Bertz CT molecular complexity index is 1000. The molecule has 3 aromatic rings. The maximum absolute atomic E-state index is 12.5. The average molecular weight is 407 g/mol. The summed E-state index contributed by atoms with van der Waals surface area (Å²) in [6, 6.07) is 10.5. The highest BCUT2D eigenvalue weighted by atomic mass is 79.9. The van der Waals surface area contributed by atoms with Gasteiger partial charge in [-0.15, -0.1) is 0 Å². The number of nitrogens with one attached hydrogen (secondary N) is 1. The fourth-order valence-corrected chi connectivity index (χ4v) is 2.87. The minimum Gasteiger partial charge on any atom is -0.324 e. The number of carbonyl (C=O) groups excluding carboxylic acids is 1. The number of rotatable bonds is 3. The van der Waals surface area contributed by atoms with Crippen LogP contribution in [0.3, 0.4) is 0 Å². The summed E-state index contributed by atoms with van der Waals surface area (Å²) in [6.45, 7) is 1.69. The Morgan fingerprint density at radius 3 is 2.92 bits per heavy atom. The number of amides is 1. The smallest absolute Gasteiger partial charge is 0.261 e. The SMILES string of the molecule is Cc1c(Cl)cccc1NC(=O)Cn1cnc2ccc(Br)cc2c1=O. The third kappa shape index (κ3) is 3.34. The van der Waals surface area contributed by atoms with Crippen LogP contribution in [0.2, 0.25) is 5.02 Å². The van der Waals surface area contributed by atoms with Crippen LogP contribution in [0.4, 0.5) is 5.69 Å². The van der Waals surface area contributed by atoms with E-state index >= 15 is 0 Å². The molecule has 0 fully saturated rings. The van der Waals surface area contributed by atoms with E-state index in [4.69, 9.17) is 11.6 Å². The first kappa shape index (κ1) is 16.7. The van der Waals surface area contributed by atoms with Gasteiger partial charge in [-0.1, -0.05) is 33.6 Å². The zero-order chi connectivity index (χ0) is 17.3. The Labute approximate surface area is 151 Å². The number of hydrogen-bond acceptors (Lipinski definition) is 3. The van der Waals surface area contributed by atoms with Crippen molar-refractivity contribution in [1.82, 2.24) is 9.55 Å². The number of hydrogen-bond donors (Lipinski definition) is 1. The van der Waals surface area contributed by atoms with Gasteiger partial charge in [-0.25, -0.2) is 4.98 Å².